The molecule has 0 aliphatic heterocycles. The number of benzene rings is 2. The van der Waals surface area contributed by atoms with Crippen LogP contribution >= 0.6 is 12.2 Å². The number of phenolic OH excluding ortho intramolecular Hbond substituents is 1. The van der Waals surface area contributed by atoms with E-state index >= 15 is 0 Å². The maximum absolute atomic E-state index is 14.0. The fraction of sp³-hybridized carbons (Fsp3) is 0.0714. The zero-order valence-electron chi connectivity index (χ0n) is 10.3. The highest BCUT2D eigenvalue weighted by molar-refractivity contribution is 7.80. The Balaban J connectivity index is 2.39. The molecule has 0 atom stereocenters. The lowest BCUT2D eigenvalue weighted by atomic mass is 10.1. The summed E-state index contributed by atoms with van der Waals surface area (Å²) in [6.07, 6.45) is 0. The molecule has 98 valence electrons. The van der Waals surface area contributed by atoms with Gasteiger partial charge in [0.15, 0.2) is 0 Å². The molecule has 2 aromatic carbocycles. The van der Waals surface area contributed by atoms with E-state index in [0.29, 0.717) is 16.9 Å². The molecule has 5 heteroatoms. The van der Waals surface area contributed by atoms with Gasteiger partial charge in [-0.3, -0.25) is 0 Å². The van der Waals surface area contributed by atoms with E-state index in [1.54, 1.807) is 48.3 Å². The minimum atomic E-state index is -0.420. The van der Waals surface area contributed by atoms with Gasteiger partial charge in [0, 0.05) is 24.4 Å². The zero-order valence-corrected chi connectivity index (χ0v) is 11.1. The molecule has 0 radical (unpaired) electrons. The minimum Gasteiger partial charge on any atom is -0.508 e. The van der Waals surface area contributed by atoms with Gasteiger partial charge in [0.1, 0.15) is 16.6 Å². The van der Waals surface area contributed by atoms with Gasteiger partial charge in [0.25, 0.3) is 0 Å². The van der Waals surface area contributed by atoms with Crippen LogP contribution in [0.15, 0.2) is 42.5 Å². The third-order valence-corrected chi connectivity index (χ3v) is 3.05. The number of aromatic hydroxyl groups is 1. The maximum Gasteiger partial charge on any atom is 0.147 e. The first-order valence-electron chi connectivity index (χ1n) is 5.61. The smallest absolute Gasteiger partial charge is 0.147 e. The van der Waals surface area contributed by atoms with Crippen LogP contribution in [0.1, 0.15) is 5.56 Å². The van der Waals surface area contributed by atoms with E-state index in [2.05, 4.69) is 0 Å². The summed E-state index contributed by atoms with van der Waals surface area (Å²) in [5.74, 6) is -0.291. The maximum atomic E-state index is 14.0. The summed E-state index contributed by atoms with van der Waals surface area (Å²) in [6, 6.07) is 11.2. The molecule has 0 saturated heterocycles. The number of hydrogen-bond acceptors (Lipinski definition) is 3. The van der Waals surface area contributed by atoms with Crippen molar-refractivity contribution in [3.63, 3.8) is 0 Å². The molecular formula is C14H13FN2OS. The van der Waals surface area contributed by atoms with E-state index in [1.165, 1.54) is 6.07 Å². The molecular weight excluding hydrogens is 263 g/mol. The third kappa shape index (κ3) is 2.82. The standard InChI is InChI=1S/C14H13FN2OS/c1-17(10-3-2-4-11(18)8-10)13-6-5-9(14(16)19)7-12(13)15/h2-8,18H,1H3,(H2,16,19). The first kappa shape index (κ1) is 13.3. The van der Waals surface area contributed by atoms with Crippen molar-refractivity contribution in [2.24, 2.45) is 5.73 Å². The molecule has 19 heavy (non-hydrogen) atoms. The van der Waals surface area contributed by atoms with E-state index in [9.17, 15) is 9.50 Å². The number of phenols is 1. The Bertz CT molecular complexity index is 631. The first-order chi connectivity index (χ1) is 8.99. The van der Waals surface area contributed by atoms with E-state index in [4.69, 9.17) is 18.0 Å². The number of anilines is 2. The van der Waals surface area contributed by atoms with Crippen LogP contribution in [0, 0.1) is 5.82 Å². The van der Waals surface area contributed by atoms with Crippen molar-refractivity contribution in [2.45, 2.75) is 0 Å². The second kappa shape index (κ2) is 5.24. The lowest BCUT2D eigenvalue weighted by Crippen LogP contribution is -2.13. The Morgan fingerprint density at radius 2 is 2.00 bits per heavy atom. The number of nitrogens with zero attached hydrogens (tertiary/aromatic N) is 1. The highest BCUT2D eigenvalue weighted by atomic mass is 32.1. The van der Waals surface area contributed by atoms with Crippen LogP contribution in [-0.4, -0.2) is 17.1 Å². The van der Waals surface area contributed by atoms with Crippen LogP contribution in [-0.2, 0) is 0 Å². The van der Waals surface area contributed by atoms with Crippen LogP contribution in [0.3, 0.4) is 0 Å². The Labute approximate surface area is 116 Å². The predicted molar refractivity (Wildman–Crippen MR) is 78.5 cm³/mol. The molecule has 0 aromatic heterocycles. The minimum absolute atomic E-state index is 0.129. The SMILES string of the molecule is CN(c1cccc(O)c1)c1ccc(C(N)=S)cc1F. The van der Waals surface area contributed by atoms with Crippen molar-refractivity contribution in [1.29, 1.82) is 0 Å². The molecule has 2 aromatic rings. The van der Waals surface area contributed by atoms with Gasteiger partial charge in [0.2, 0.25) is 0 Å². The highest BCUT2D eigenvalue weighted by Gasteiger charge is 2.11. The van der Waals surface area contributed by atoms with Crippen LogP contribution in [0.25, 0.3) is 0 Å². The first-order valence-corrected chi connectivity index (χ1v) is 6.02. The lowest BCUT2D eigenvalue weighted by molar-refractivity contribution is 0.475. The average molecular weight is 276 g/mol. The van der Waals surface area contributed by atoms with E-state index in [-0.39, 0.29) is 10.7 Å². The van der Waals surface area contributed by atoms with Crippen molar-refractivity contribution in [2.75, 3.05) is 11.9 Å². The van der Waals surface area contributed by atoms with Crippen molar-refractivity contribution in [1.82, 2.24) is 0 Å². The van der Waals surface area contributed by atoms with Gasteiger partial charge in [-0.25, -0.2) is 4.39 Å². The molecule has 2 rings (SSSR count). The number of hydrogen-bond donors (Lipinski definition) is 2. The molecule has 0 saturated carbocycles. The molecule has 0 fully saturated rings. The molecule has 3 N–H and O–H groups in total. The Kier molecular flexibility index (Phi) is 3.66. The summed E-state index contributed by atoms with van der Waals surface area (Å²) in [6.45, 7) is 0. The van der Waals surface area contributed by atoms with Crippen LogP contribution in [0.4, 0.5) is 15.8 Å². The van der Waals surface area contributed by atoms with Gasteiger partial charge in [-0.05, 0) is 30.3 Å². The number of nitrogens with two attached hydrogens (primary N) is 1. The lowest BCUT2D eigenvalue weighted by Gasteiger charge is -2.20. The zero-order chi connectivity index (χ0) is 14.0. The number of halogens is 1. The molecule has 0 heterocycles. The average Bonchev–Trinajstić information content (AvgIpc) is 2.37. The van der Waals surface area contributed by atoms with Gasteiger partial charge in [-0.1, -0.05) is 18.3 Å². The van der Waals surface area contributed by atoms with Gasteiger partial charge in [-0.2, -0.15) is 0 Å². The summed E-state index contributed by atoms with van der Waals surface area (Å²) in [5, 5.41) is 9.44. The third-order valence-electron chi connectivity index (χ3n) is 2.81. The van der Waals surface area contributed by atoms with Gasteiger partial charge in [-0.15, -0.1) is 0 Å². The molecule has 0 unspecified atom stereocenters. The molecule has 0 aliphatic carbocycles. The summed E-state index contributed by atoms with van der Waals surface area (Å²) in [4.78, 5) is 1.80. The normalized spacial score (nSPS) is 10.2. The Hall–Kier alpha value is -2.14. The Morgan fingerprint density at radius 1 is 1.26 bits per heavy atom. The number of rotatable bonds is 3. The summed E-state index contributed by atoms with van der Waals surface area (Å²) in [7, 11) is 1.72. The van der Waals surface area contributed by atoms with E-state index in [0.717, 1.165) is 0 Å². The monoisotopic (exact) mass is 276 g/mol. The van der Waals surface area contributed by atoms with Crippen molar-refractivity contribution in [3.05, 3.63) is 53.8 Å². The molecule has 0 aliphatic rings. The highest BCUT2D eigenvalue weighted by Crippen LogP contribution is 2.28. The van der Waals surface area contributed by atoms with Gasteiger partial charge < -0.3 is 15.7 Å². The van der Waals surface area contributed by atoms with Crippen LogP contribution in [0.2, 0.25) is 0 Å². The summed E-state index contributed by atoms with van der Waals surface area (Å²) in [5.41, 5.74) is 7.01. The summed E-state index contributed by atoms with van der Waals surface area (Å²) < 4.78 is 14.0. The van der Waals surface area contributed by atoms with Crippen molar-refractivity contribution < 1.29 is 9.50 Å². The topological polar surface area (TPSA) is 49.5 Å². The molecule has 3 nitrogen and oxygen atoms in total. The van der Waals surface area contributed by atoms with E-state index in [1.807, 2.05) is 0 Å². The van der Waals surface area contributed by atoms with Crippen LogP contribution < -0.4 is 10.6 Å². The largest absolute Gasteiger partial charge is 0.508 e. The van der Waals surface area contributed by atoms with Crippen LogP contribution in [0.5, 0.6) is 5.75 Å². The Morgan fingerprint density at radius 3 is 2.58 bits per heavy atom. The fourth-order valence-electron chi connectivity index (χ4n) is 1.77. The molecule has 0 amide bonds. The molecule has 0 bridgehead atoms. The second-order valence-electron chi connectivity index (χ2n) is 4.11. The quantitative estimate of drug-likeness (QED) is 0.846. The second-order valence-corrected chi connectivity index (χ2v) is 4.55. The predicted octanol–water partition coefficient (Wildman–Crippen LogP) is 2.93. The molecule has 0 spiro atoms. The number of thiocarbonyl (C=S) groups is 1. The van der Waals surface area contributed by atoms with Gasteiger partial charge >= 0.3 is 0 Å². The summed E-state index contributed by atoms with van der Waals surface area (Å²) >= 11 is 4.81. The fourth-order valence-corrected chi connectivity index (χ4v) is 1.90. The van der Waals surface area contributed by atoms with Crippen molar-refractivity contribution in [3.8, 4) is 5.75 Å². The van der Waals surface area contributed by atoms with Crippen molar-refractivity contribution >= 4 is 28.6 Å². The van der Waals surface area contributed by atoms with Gasteiger partial charge in [0.05, 0.1) is 5.69 Å². The van der Waals surface area contributed by atoms with E-state index < -0.39 is 5.82 Å².